The van der Waals surface area contributed by atoms with E-state index in [4.69, 9.17) is 4.74 Å². The summed E-state index contributed by atoms with van der Waals surface area (Å²) in [5, 5.41) is 1.15. The molecule has 29 heavy (non-hydrogen) atoms. The molecule has 1 N–H and O–H groups in total. The fourth-order valence-corrected chi connectivity index (χ4v) is 3.84. The Labute approximate surface area is 169 Å². The van der Waals surface area contributed by atoms with Crippen molar-refractivity contribution in [2.75, 3.05) is 7.11 Å². The molecule has 1 fully saturated rings. The number of H-pyrrole nitrogens is 1. The summed E-state index contributed by atoms with van der Waals surface area (Å²) in [7, 11) is 1.42. The van der Waals surface area contributed by atoms with E-state index >= 15 is 0 Å². The molecule has 2 heterocycles. The van der Waals surface area contributed by atoms with E-state index in [0.717, 1.165) is 39.0 Å². The van der Waals surface area contributed by atoms with Gasteiger partial charge in [0.1, 0.15) is 0 Å². The number of rotatable bonds is 5. The number of nitrogens with one attached hydrogen (secondary N) is 1. The zero-order valence-electron chi connectivity index (χ0n) is 16.3. The van der Waals surface area contributed by atoms with Crippen molar-refractivity contribution in [3.8, 4) is 11.3 Å². The summed E-state index contributed by atoms with van der Waals surface area (Å²) in [4.78, 5) is 20.4. The molecular formula is C25H22N2O2. The van der Waals surface area contributed by atoms with E-state index in [-0.39, 0.29) is 5.97 Å². The van der Waals surface area contributed by atoms with Gasteiger partial charge < -0.3 is 9.72 Å². The summed E-state index contributed by atoms with van der Waals surface area (Å²) in [5.74, 6) is 0.233. The number of methoxy groups -OCH3 is 1. The van der Waals surface area contributed by atoms with Crippen LogP contribution in [0.25, 0.3) is 22.2 Å². The van der Waals surface area contributed by atoms with Gasteiger partial charge in [0.15, 0.2) is 0 Å². The van der Waals surface area contributed by atoms with Crippen LogP contribution >= 0.6 is 0 Å². The number of aromatic amines is 1. The van der Waals surface area contributed by atoms with Gasteiger partial charge >= 0.3 is 5.97 Å². The number of aromatic nitrogens is 2. The number of benzene rings is 2. The lowest BCUT2D eigenvalue weighted by Gasteiger charge is -2.09. The standard InChI is InChI=1S/C25H22N2O2/c1-29-25(28)21-13-20(17-8-9-17)15-26-24(21)12-16-7-10-22-19(11-16)14-23(27-22)18-5-3-2-4-6-18/h2-7,10-11,13-15,17,27H,8-9,12H2,1H3. The lowest BCUT2D eigenvalue weighted by molar-refractivity contribution is 0.0599. The van der Waals surface area contributed by atoms with Gasteiger partial charge in [-0.1, -0.05) is 36.4 Å². The van der Waals surface area contributed by atoms with Gasteiger partial charge in [-0.3, -0.25) is 4.98 Å². The molecule has 144 valence electrons. The number of hydrogen-bond acceptors (Lipinski definition) is 3. The summed E-state index contributed by atoms with van der Waals surface area (Å²) < 4.78 is 5.01. The Morgan fingerprint density at radius 2 is 1.93 bits per heavy atom. The third-order valence-electron chi connectivity index (χ3n) is 5.59. The molecule has 4 heteroatoms. The van der Waals surface area contributed by atoms with Crippen LogP contribution in [0.5, 0.6) is 0 Å². The Morgan fingerprint density at radius 1 is 1.10 bits per heavy atom. The molecule has 1 aliphatic carbocycles. The first kappa shape index (κ1) is 17.7. The van der Waals surface area contributed by atoms with Crippen molar-refractivity contribution in [3.63, 3.8) is 0 Å². The van der Waals surface area contributed by atoms with E-state index < -0.39 is 0 Å². The minimum atomic E-state index is -0.316. The molecule has 2 aromatic carbocycles. The quantitative estimate of drug-likeness (QED) is 0.465. The van der Waals surface area contributed by atoms with Crippen molar-refractivity contribution in [1.29, 1.82) is 0 Å². The number of hydrogen-bond donors (Lipinski definition) is 1. The number of fused-ring (bicyclic) bond motifs is 1. The number of carbonyl (C=O) groups is 1. The molecular weight excluding hydrogens is 360 g/mol. The van der Waals surface area contributed by atoms with E-state index in [1.54, 1.807) is 0 Å². The van der Waals surface area contributed by atoms with E-state index in [1.165, 1.54) is 20.0 Å². The first-order valence-electron chi connectivity index (χ1n) is 9.95. The lowest BCUT2D eigenvalue weighted by Crippen LogP contribution is -2.09. The number of nitrogens with zero attached hydrogens (tertiary/aromatic N) is 1. The summed E-state index contributed by atoms with van der Waals surface area (Å²) in [6, 6.07) is 20.8. The number of ether oxygens (including phenoxy) is 1. The number of esters is 1. The highest BCUT2D eigenvalue weighted by molar-refractivity contribution is 5.91. The Hall–Kier alpha value is -3.40. The molecule has 4 nitrogen and oxygen atoms in total. The van der Waals surface area contributed by atoms with Gasteiger partial charge in [0.2, 0.25) is 0 Å². The molecule has 0 bridgehead atoms. The second-order valence-electron chi connectivity index (χ2n) is 7.68. The van der Waals surface area contributed by atoms with Gasteiger partial charge in [-0.15, -0.1) is 0 Å². The predicted molar refractivity (Wildman–Crippen MR) is 114 cm³/mol. The molecule has 0 aliphatic heterocycles. The monoisotopic (exact) mass is 382 g/mol. The summed E-state index contributed by atoms with van der Waals surface area (Å²) in [5.41, 5.74) is 6.96. The summed E-state index contributed by atoms with van der Waals surface area (Å²) in [6.07, 6.45) is 4.87. The van der Waals surface area contributed by atoms with Gasteiger partial charge in [0, 0.05) is 29.2 Å². The Bertz CT molecular complexity index is 1190. The fourth-order valence-electron chi connectivity index (χ4n) is 3.84. The van der Waals surface area contributed by atoms with Crippen LogP contribution in [-0.2, 0) is 11.2 Å². The predicted octanol–water partition coefficient (Wildman–Crippen LogP) is 5.48. The molecule has 0 amide bonds. The van der Waals surface area contributed by atoms with Gasteiger partial charge in [-0.2, -0.15) is 0 Å². The SMILES string of the molecule is COC(=O)c1cc(C2CC2)cnc1Cc1ccc2[nH]c(-c3ccccc3)cc2c1. The Balaban J connectivity index is 1.48. The molecule has 0 spiro atoms. The van der Waals surface area contributed by atoms with E-state index in [0.29, 0.717) is 17.9 Å². The van der Waals surface area contributed by atoms with Crippen LogP contribution in [0.4, 0.5) is 0 Å². The van der Waals surface area contributed by atoms with Crippen LogP contribution in [0.15, 0.2) is 66.9 Å². The molecule has 0 saturated heterocycles. The minimum absolute atomic E-state index is 0.316. The van der Waals surface area contributed by atoms with Crippen LogP contribution in [0.1, 0.15) is 45.9 Å². The minimum Gasteiger partial charge on any atom is -0.465 e. The highest BCUT2D eigenvalue weighted by Crippen LogP contribution is 2.40. The molecule has 0 atom stereocenters. The van der Waals surface area contributed by atoms with Crippen molar-refractivity contribution in [2.24, 2.45) is 0 Å². The fraction of sp³-hybridized carbons (Fsp3) is 0.200. The highest BCUT2D eigenvalue weighted by Gasteiger charge is 2.26. The van der Waals surface area contributed by atoms with Gasteiger partial charge in [0.05, 0.1) is 18.4 Å². The molecule has 5 rings (SSSR count). The third kappa shape index (κ3) is 3.54. The summed E-state index contributed by atoms with van der Waals surface area (Å²) >= 11 is 0. The van der Waals surface area contributed by atoms with Crippen LogP contribution < -0.4 is 0 Å². The van der Waals surface area contributed by atoms with E-state index in [9.17, 15) is 4.79 Å². The first-order valence-corrected chi connectivity index (χ1v) is 9.95. The van der Waals surface area contributed by atoms with Crippen molar-refractivity contribution < 1.29 is 9.53 Å². The number of carbonyl (C=O) groups excluding carboxylic acids is 1. The maximum absolute atomic E-state index is 12.3. The van der Waals surface area contributed by atoms with Crippen LogP contribution in [0.3, 0.4) is 0 Å². The molecule has 1 aliphatic rings. The molecule has 0 radical (unpaired) electrons. The Kier molecular flexibility index (Phi) is 4.39. The smallest absolute Gasteiger partial charge is 0.339 e. The zero-order valence-corrected chi connectivity index (χ0v) is 16.3. The maximum Gasteiger partial charge on any atom is 0.339 e. The normalized spacial score (nSPS) is 13.6. The maximum atomic E-state index is 12.3. The average molecular weight is 382 g/mol. The topological polar surface area (TPSA) is 55.0 Å². The first-order chi connectivity index (χ1) is 14.2. The van der Waals surface area contributed by atoms with Crippen LogP contribution in [0.2, 0.25) is 0 Å². The van der Waals surface area contributed by atoms with Crippen molar-refractivity contribution in [2.45, 2.75) is 25.2 Å². The van der Waals surface area contributed by atoms with Crippen LogP contribution in [-0.4, -0.2) is 23.0 Å². The third-order valence-corrected chi connectivity index (χ3v) is 5.59. The van der Waals surface area contributed by atoms with Gasteiger partial charge in [-0.25, -0.2) is 4.79 Å². The second kappa shape index (κ2) is 7.21. The Morgan fingerprint density at radius 3 is 2.69 bits per heavy atom. The summed E-state index contributed by atoms with van der Waals surface area (Å²) in [6.45, 7) is 0. The second-order valence-corrected chi connectivity index (χ2v) is 7.68. The van der Waals surface area contributed by atoms with Gasteiger partial charge in [0.25, 0.3) is 0 Å². The molecule has 2 aromatic heterocycles. The highest BCUT2D eigenvalue weighted by atomic mass is 16.5. The average Bonchev–Trinajstić information content (AvgIpc) is 3.53. The lowest BCUT2D eigenvalue weighted by atomic mass is 10.0. The van der Waals surface area contributed by atoms with Crippen LogP contribution in [0, 0.1) is 0 Å². The van der Waals surface area contributed by atoms with Crippen molar-refractivity contribution in [1.82, 2.24) is 9.97 Å². The van der Waals surface area contributed by atoms with Gasteiger partial charge in [-0.05, 0) is 59.7 Å². The molecule has 0 unspecified atom stereocenters. The largest absolute Gasteiger partial charge is 0.465 e. The van der Waals surface area contributed by atoms with Crippen molar-refractivity contribution >= 4 is 16.9 Å². The zero-order chi connectivity index (χ0) is 19.8. The van der Waals surface area contributed by atoms with E-state index in [1.807, 2.05) is 30.5 Å². The molecule has 4 aromatic rings. The van der Waals surface area contributed by atoms with Crippen molar-refractivity contribution in [3.05, 3.63) is 89.2 Å². The number of pyridine rings is 1. The van der Waals surface area contributed by atoms with E-state index in [2.05, 4.69) is 46.4 Å². The molecule has 1 saturated carbocycles.